The second kappa shape index (κ2) is 7.53. The molecule has 0 aliphatic heterocycles. The van der Waals surface area contributed by atoms with Crippen LogP contribution in [-0.2, 0) is 9.59 Å². The first-order valence-electron chi connectivity index (χ1n) is 6.60. The van der Waals surface area contributed by atoms with Crippen molar-refractivity contribution in [3.8, 4) is 5.75 Å². The van der Waals surface area contributed by atoms with E-state index < -0.39 is 11.4 Å². The van der Waals surface area contributed by atoms with Gasteiger partial charge in [-0.15, -0.1) is 0 Å². The molecule has 0 bridgehead atoms. The highest BCUT2D eigenvalue weighted by Crippen LogP contribution is 2.19. The molecule has 0 aliphatic rings. The molecular weight excluding hydrogens is 258 g/mol. The van der Waals surface area contributed by atoms with Crippen LogP contribution in [0.5, 0.6) is 5.75 Å². The Labute approximate surface area is 118 Å². The number of aliphatic carboxylic acids is 1. The van der Waals surface area contributed by atoms with Crippen LogP contribution in [0.25, 0.3) is 0 Å². The number of carbonyl (C=O) groups excluding carboxylic acids is 1. The maximum atomic E-state index is 11.6. The minimum Gasteiger partial charge on any atom is -0.494 e. The molecule has 5 heteroatoms. The number of hydrogen-bond donors (Lipinski definition) is 2. The fraction of sp³-hybridized carbons (Fsp3) is 0.467. The van der Waals surface area contributed by atoms with Gasteiger partial charge in [0.05, 0.1) is 12.0 Å². The number of rotatable bonds is 8. The SMILES string of the molecule is CC(C)(CC(=O)NCCCOc1ccccc1)C(=O)O. The molecule has 20 heavy (non-hydrogen) atoms. The van der Waals surface area contributed by atoms with E-state index in [2.05, 4.69) is 5.32 Å². The number of carboxylic acids is 1. The third-order valence-electron chi connectivity index (χ3n) is 2.84. The summed E-state index contributed by atoms with van der Waals surface area (Å²) in [5.74, 6) is -0.428. The zero-order valence-corrected chi connectivity index (χ0v) is 11.9. The number of carbonyl (C=O) groups is 2. The molecule has 0 spiro atoms. The van der Waals surface area contributed by atoms with Crippen molar-refractivity contribution in [2.45, 2.75) is 26.7 Å². The summed E-state index contributed by atoms with van der Waals surface area (Å²) in [5.41, 5.74) is -1.04. The smallest absolute Gasteiger partial charge is 0.309 e. The first kappa shape index (κ1) is 16.0. The highest BCUT2D eigenvalue weighted by molar-refractivity contribution is 5.84. The van der Waals surface area contributed by atoms with Crippen LogP contribution in [0, 0.1) is 5.41 Å². The summed E-state index contributed by atoms with van der Waals surface area (Å²) in [6.07, 6.45) is 0.649. The lowest BCUT2D eigenvalue weighted by atomic mass is 9.89. The van der Waals surface area contributed by atoms with E-state index in [-0.39, 0.29) is 12.3 Å². The zero-order valence-electron chi connectivity index (χ0n) is 11.9. The van der Waals surface area contributed by atoms with Gasteiger partial charge in [-0.3, -0.25) is 9.59 Å². The number of nitrogens with one attached hydrogen (secondary N) is 1. The van der Waals surface area contributed by atoms with Gasteiger partial charge in [-0.2, -0.15) is 0 Å². The zero-order chi connectivity index (χ0) is 15.0. The molecule has 0 saturated heterocycles. The average molecular weight is 279 g/mol. The predicted molar refractivity (Wildman–Crippen MR) is 75.6 cm³/mol. The van der Waals surface area contributed by atoms with Crippen molar-refractivity contribution in [1.29, 1.82) is 0 Å². The molecule has 0 fully saturated rings. The van der Waals surface area contributed by atoms with Crippen molar-refractivity contribution in [3.05, 3.63) is 30.3 Å². The van der Waals surface area contributed by atoms with Gasteiger partial charge in [-0.05, 0) is 32.4 Å². The number of hydrogen-bond acceptors (Lipinski definition) is 3. The van der Waals surface area contributed by atoms with Gasteiger partial charge in [0, 0.05) is 13.0 Å². The summed E-state index contributed by atoms with van der Waals surface area (Å²) in [5, 5.41) is 11.6. The molecule has 0 radical (unpaired) electrons. The van der Waals surface area contributed by atoms with E-state index in [0.29, 0.717) is 19.6 Å². The number of ether oxygens (including phenoxy) is 1. The number of amides is 1. The van der Waals surface area contributed by atoms with Crippen molar-refractivity contribution in [2.75, 3.05) is 13.2 Å². The van der Waals surface area contributed by atoms with Crippen LogP contribution in [0.4, 0.5) is 0 Å². The van der Waals surface area contributed by atoms with E-state index in [1.54, 1.807) is 0 Å². The van der Waals surface area contributed by atoms with E-state index in [0.717, 1.165) is 5.75 Å². The Morgan fingerprint density at radius 2 is 1.90 bits per heavy atom. The average Bonchev–Trinajstić information content (AvgIpc) is 2.38. The lowest BCUT2D eigenvalue weighted by Gasteiger charge is -2.18. The Morgan fingerprint density at radius 3 is 2.50 bits per heavy atom. The van der Waals surface area contributed by atoms with Gasteiger partial charge in [-0.1, -0.05) is 18.2 Å². The highest BCUT2D eigenvalue weighted by Gasteiger charge is 2.29. The Bertz CT molecular complexity index is 442. The maximum Gasteiger partial charge on any atom is 0.309 e. The van der Waals surface area contributed by atoms with Crippen LogP contribution in [0.15, 0.2) is 30.3 Å². The molecule has 0 heterocycles. The van der Waals surface area contributed by atoms with E-state index in [1.165, 1.54) is 13.8 Å². The quantitative estimate of drug-likeness (QED) is 0.714. The van der Waals surface area contributed by atoms with Gasteiger partial charge >= 0.3 is 5.97 Å². The van der Waals surface area contributed by atoms with E-state index in [4.69, 9.17) is 9.84 Å². The minimum atomic E-state index is -1.04. The third kappa shape index (κ3) is 5.73. The highest BCUT2D eigenvalue weighted by atomic mass is 16.5. The molecule has 1 rings (SSSR count). The third-order valence-corrected chi connectivity index (χ3v) is 2.84. The summed E-state index contributed by atoms with van der Waals surface area (Å²) >= 11 is 0. The molecule has 110 valence electrons. The van der Waals surface area contributed by atoms with Crippen LogP contribution >= 0.6 is 0 Å². The van der Waals surface area contributed by atoms with Crippen molar-refractivity contribution in [1.82, 2.24) is 5.32 Å². The fourth-order valence-corrected chi connectivity index (χ4v) is 1.55. The van der Waals surface area contributed by atoms with Gasteiger partial charge in [0.25, 0.3) is 0 Å². The van der Waals surface area contributed by atoms with Crippen LogP contribution in [-0.4, -0.2) is 30.1 Å². The Kier molecular flexibility index (Phi) is 6.03. The summed E-state index contributed by atoms with van der Waals surface area (Å²) in [6, 6.07) is 9.44. The molecule has 0 aromatic heterocycles. The lowest BCUT2D eigenvalue weighted by Crippen LogP contribution is -2.34. The van der Waals surface area contributed by atoms with Gasteiger partial charge in [0.15, 0.2) is 0 Å². The summed E-state index contributed by atoms with van der Waals surface area (Å²) in [6.45, 7) is 4.05. The Hall–Kier alpha value is -2.04. The maximum absolute atomic E-state index is 11.6. The van der Waals surface area contributed by atoms with E-state index >= 15 is 0 Å². The Morgan fingerprint density at radius 1 is 1.25 bits per heavy atom. The first-order valence-corrected chi connectivity index (χ1v) is 6.60. The van der Waals surface area contributed by atoms with Crippen molar-refractivity contribution in [3.63, 3.8) is 0 Å². The molecular formula is C15H21NO4. The molecule has 0 atom stereocenters. The summed E-state index contributed by atoms with van der Waals surface area (Å²) in [4.78, 5) is 22.5. The molecule has 5 nitrogen and oxygen atoms in total. The van der Waals surface area contributed by atoms with Gasteiger partial charge in [0.1, 0.15) is 5.75 Å². The molecule has 1 aromatic carbocycles. The number of para-hydroxylation sites is 1. The molecule has 2 N–H and O–H groups in total. The fourth-order valence-electron chi connectivity index (χ4n) is 1.55. The van der Waals surface area contributed by atoms with Gasteiger partial charge < -0.3 is 15.2 Å². The topological polar surface area (TPSA) is 75.6 Å². The normalized spacial score (nSPS) is 10.9. The largest absolute Gasteiger partial charge is 0.494 e. The van der Waals surface area contributed by atoms with Gasteiger partial charge in [0.2, 0.25) is 5.91 Å². The van der Waals surface area contributed by atoms with Crippen molar-refractivity contribution < 1.29 is 19.4 Å². The minimum absolute atomic E-state index is 0.0259. The molecule has 1 aromatic rings. The van der Waals surface area contributed by atoms with E-state index in [1.807, 2.05) is 30.3 Å². The summed E-state index contributed by atoms with van der Waals surface area (Å²) < 4.78 is 5.48. The Balaban J connectivity index is 2.15. The van der Waals surface area contributed by atoms with Crippen LogP contribution in [0.3, 0.4) is 0 Å². The van der Waals surface area contributed by atoms with Crippen molar-refractivity contribution >= 4 is 11.9 Å². The second-order valence-electron chi connectivity index (χ2n) is 5.23. The van der Waals surface area contributed by atoms with Crippen LogP contribution < -0.4 is 10.1 Å². The number of benzene rings is 1. The standard InChI is InChI=1S/C15H21NO4/c1-15(2,14(18)19)11-13(17)16-9-6-10-20-12-7-4-3-5-8-12/h3-5,7-8H,6,9-11H2,1-2H3,(H,16,17)(H,18,19). The van der Waals surface area contributed by atoms with Gasteiger partial charge in [-0.25, -0.2) is 0 Å². The molecule has 0 unspecified atom stereocenters. The lowest BCUT2D eigenvalue weighted by molar-refractivity contribution is -0.149. The summed E-state index contributed by atoms with van der Waals surface area (Å²) in [7, 11) is 0. The molecule has 0 saturated carbocycles. The predicted octanol–water partition coefficient (Wildman–Crippen LogP) is 2.07. The molecule has 1 amide bonds. The monoisotopic (exact) mass is 279 g/mol. The van der Waals surface area contributed by atoms with Crippen molar-refractivity contribution in [2.24, 2.45) is 5.41 Å². The van der Waals surface area contributed by atoms with Crippen LogP contribution in [0.1, 0.15) is 26.7 Å². The second-order valence-corrected chi connectivity index (χ2v) is 5.23. The number of carboxylic acid groups (broad SMARTS) is 1. The van der Waals surface area contributed by atoms with Crippen LogP contribution in [0.2, 0.25) is 0 Å². The molecule has 0 aliphatic carbocycles. The van der Waals surface area contributed by atoms with E-state index in [9.17, 15) is 9.59 Å². The first-order chi connectivity index (χ1) is 9.42.